The van der Waals surface area contributed by atoms with Crippen LogP contribution in [0.25, 0.3) is 0 Å². The van der Waals surface area contributed by atoms with Gasteiger partial charge in [0.25, 0.3) is 0 Å². The normalized spacial score (nSPS) is 9.33. The maximum atomic E-state index is 5.61. The van der Waals surface area contributed by atoms with Gasteiger partial charge in [0.05, 0.1) is 6.54 Å². The molecule has 2 nitrogen and oxygen atoms in total. The zero-order chi connectivity index (χ0) is 8.81. The molecule has 1 heterocycles. The lowest BCUT2D eigenvalue weighted by atomic mass is 10.3. The van der Waals surface area contributed by atoms with E-state index < -0.39 is 0 Å². The second kappa shape index (κ2) is 4.76. The molecule has 1 aromatic rings. The van der Waals surface area contributed by atoms with Crippen molar-refractivity contribution >= 4 is 11.6 Å². The van der Waals surface area contributed by atoms with Gasteiger partial charge in [-0.05, 0) is 11.6 Å². The Hall–Kier alpha value is -1.04. The summed E-state index contributed by atoms with van der Waals surface area (Å²) in [6.45, 7) is 1.30. The van der Waals surface area contributed by atoms with Crippen molar-refractivity contribution in [2.24, 2.45) is 0 Å². The third-order valence-corrected chi connectivity index (χ3v) is 1.57. The monoisotopic (exact) mass is 180 g/mol. The maximum Gasteiger partial charge on any atom is 0.129 e. The van der Waals surface area contributed by atoms with E-state index in [1.54, 1.807) is 12.3 Å². The highest BCUT2D eigenvalue weighted by Gasteiger charge is 1.91. The smallest absolute Gasteiger partial charge is 0.129 e. The number of hydrogen-bond donors (Lipinski definition) is 1. The predicted octanol–water partition coefficient (Wildman–Crippen LogP) is 1.46. The van der Waals surface area contributed by atoms with Gasteiger partial charge in [0.2, 0.25) is 0 Å². The molecule has 0 unspecified atom stereocenters. The van der Waals surface area contributed by atoms with Gasteiger partial charge in [-0.3, -0.25) is 0 Å². The zero-order valence-corrected chi connectivity index (χ0v) is 7.30. The molecule has 0 fully saturated rings. The summed E-state index contributed by atoms with van der Waals surface area (Å²) in [4.78, 5) is 3.93. The van der Waals surface area contributed by atoms with E-state index in [0.717, 1.165) is 12.1 Å². The second-order valence-electron chi connectivity index (χ2n) is 2.30. The fraction of sp³-hybridized carbons (Fsp3) is 0.222. The second-order valence-corrected chi connectivity index (χ2v) is 2.68. The van der Waals surface area contributed by atoms with Crippen molar-refractivity contribution in [1.29, 1.82) is 0 Å². The third-order valence-electron chi connectivity index (χ3n) is 1.34. The molecule has 0 aliphatic carbocycles. The lowest BCUT2D eigenvalue weighted by Crippen LogP contribution is -2.12. The van der Waals surface area contributed by atoms with Gasteiger partial charge in [0, 0.05) is 12.7 Å². The summed E-state index contributed by atoms with van der Waals surface area (Å²) in [5.41, 5.74) is 1.08. The third kappa shape index (κ3) is 2.91. The molecule has 1 N–H and O–H groups in total. The van der Waals surface area contributed by atoms with Gasteiger partial charge in [-0.15, -0.1) is 6.42 Å². The molecule has 1 aromatic heterocycles. The first-order chi connectivity index (χ1) is 5.83. The number of rotatable bonds is 3. The summed E-state index contributed by atoms with van der Waals surface area (Å²) in [6.07, 6.45) is 6.80. The predicted molar refractivity (Wildman–Crippen MR) is 49.8 cm³/mol. The average Bonchev–Trinajstić information content (AvgIpc) is 2.09. The topological polar surface area (TPSA) is 24.9 Å². The Kier molecular flexibility index (Phi) is 3.59. The van der Waals surface area contributed by atoms with E-state index in [0.29, 0.717) is 11.7 Å². The Morgan fingerprint density at radius 1 is 1.58 bits per heavy atom. The Labute approximate surface area is 77.0 Å². The summed E-state index contributed by atoms with van der Waals surface area (Å²) in [6, 6.07) is 3.67. The minimum Gasteiger partial charge on any atom is -0.302 e. The highest BCUT2D eigenvalue weighted by molar-refractivity contribution is 6.29. The van der Waals surface area contributed by atoms with Gasteiger partial charge in [-0.2, -0.15) is 0 Å². The van der Waals surface area contributed by atoms with E-state index in [4.69, 9.17) is 18.0 Å². The first-order valence-electron chi connectivity index (χ1n) is 3.57. The van der Waals surface area contributed by atoms with Gasteiger partial charge in [-0.1, -0.05) is 23.6 Å². The zero-order valence-electron chi connectivity index (χ0n) is 6.55. The van der Waals surface area contributed by atoms with Crippen LogP contribution in [0.5, 0.6) is 0 Å². The number of hydrogen-bond acceptors (Lipinski definition) is 2. The van der Waals surface area contributed by atoms with Crippen LogP contribution in [0, 0.1) is 12.3 Å². The quantitative estimate of drug-likeness (QED) is 0.433. The first-order valence-corrected chi connectivity index (χ1v) is 3.95. The van der Waals surface area contributed by atoms with Gasteiger partial charge < -0.3 is 5.32 Å². The highest BCUT2D eigenvalue weighted by Crippen LogP contribution is 2.04. The minimum absolute atomic E-state index is 0.510. The van der Waals surface area contributed by atoms with E-state index in [-0.39, 0.29) is 0 Å². The van der Waals surface area contributed by atoms with Gasteiger partial charge >= 0.3 is 0 Å². The molecule has 0 radical (unpaired) electrons. The van der Waals surface area contributed by atoms with Crippen molar-refractivity contribution in [2.45, 2.75) is 6.54 Å². The molecule has 0 aliphatic heterocycles. The van der Waals surface area contributed by atoms with Crippen molar-refractivity contribution in [3.63, 3.8) is 0 Å². The molecule has 0 aliphatic rings. The highest BCUT2D eigenvalue weighted by atomic mass is 35.5. The Morgan fingerprint density at radius 3 is 3.00 bits per heavy atom. The molecule has 0 spiro atoms. The van der Waals surface area contributed by atoms with E-state index in [9.17, 15) is 0 Å². The number of pyridine rings is 1. The fourth-order valence-corrected chi connectivity index (χ4v) is 0.902. The van der Waals surface area contributed by atoms with E-state index >= 15 is 0 Å². The van der Waals surface area contributed by atoms with E-state index in [1.165, 1.54) is 0 Å². The van der Waals surface area contributed by atoms with Crippen molar-refractivity contribution < 1.29 is 0 Å². The molecule has 3 heteroatoms. The molecular formula is C9H9ClN2. The van der Waals surface area contributed by atoms with Crippen LogP contribution >= 0.6 is 11.6 Å². The Balaban J connectivity index is 2.43. The minimum atomic E-state index is 0.510. The van der Waals surface area contributed by atoms with Crippen molar-refractivity contribution in [1.82, 2.24) is 10.3 Å². The lowest BCUT2D eigenvalue weighted by Gasteiger charge is -1.99. The number of terminal acetylenes is 1. The standard InChI is InChI=1S/C9H9ClN2/c1-2-5-11-6-8-3-4-9(10)12-7-8/h1,3-4,7,11H,5-6H2. The summed E-state index contributed by atoms with van der Waals surface area (Å²) in [7, 11) is 0. The van der Waals surface area contributed by atoms with Crippen LogP contribution in [0.3, 0.4) is 0 Å². The number of nitrogens with zero attached hydrogens (tertiary/aromatic N) is 1. The maximum absolute atomic E-state index is 5.61. The molecule has 12 heavy (non-hydrogen) atoms. The summed E-state index contributed by atoms with van der Waals surface area (Å²) in [5.74, 6) is 2.49. The van der Waals surface area contributed by atoms with Gasteiger partial charge in [0.1, 0.15) is 5.15 Å². The van der Waals surface area contributed by atoms with Crippen molar-refractivity contribution in [3.8, 4) is 12.3 Å². The van der Waals surface area contributed by atoms with Crippen LogP contribution in [-0.4, -0.2) is 11.5 Å². The van der Waals surface area contributed by atoms with E-state index in [1.807, 2.05) is 6.07 Å². The number of aromatic nitrogens is 1. The Bertz CT molecular complexity index is 274. The fourth-order valence-electron chi connectivity index (χ4n) is 0.790. The molecule has 0 bridgehead atoms. The molecule has 1 rings (SSSR count). The lowest BCUT2D eigenvalue weighted by molar-refractivity contribution is 0.767. The molecule has 0 atom stereocenters. The molecule has 62 valence electrons. The molecule has 0 saturated heterocycles. The SMILES string of the molecule is C#CCNCc1ccc(Cl)nc1. The van der Waals surface area contributed by atoms with Crippen molar-refractivity contribution in [2.75, 3.05) is 6.54 Å². The summed E-state index contributed by atoms with van der Waals surface area (Å²) in [5, 5.41) is 3.56. The number of halogens is 1. The summed E-state index contributed by atoms with van der Waals surface area (Å²) < 4.78 is 0. The van der Waals surface area contributed by atoms with Gasteiger partial charge in [0.15, 0.2) is 0 Å². The Morgan fingerprint density at radius 2 is 2.42 bits per heavy atom. The number of nitrogens with one attached hydrogen (secondary N) is 1. The largest absolute Gasteiger partial charge is 0.302 e. The average molecular weight is 181 g/mol. The van der Waals surface area contributed by atoms with Crippen LogP contribution in [0.2, 0.25) is 5.15 Å². The van der Waals surface area contributed by atoms with E-state index in [2.05, 4.69) is 16.2 Å². The van der Waals surface area contributed by atoms with Crippen LogP contribution in [-0.2, 0) is 6.54 Å². The van der Waals surface area contributed by atoms with Crippen LogP contribution in [0.15, 0.2) is 18.3 Å². The molecule has 0 aromatic carbocycles. The summed E-state index contributed by atoms with van der Waals surface area (Å²) >= 11 is 5.61. The van der Waals surface area contributed by atoms with Crippen LogP contribution < -0.4 is 5.32 Å². The molecular weight excluding hydrogens is 172 g/mol. The first kappa shape index (κ1) is 9.05. The van der Waals surface area contributed by atoms with Gasteiger partial charge in [-0.25, -0.2) is 4.98 Å². The van der Waals surface area contributed by atoms with Crippen LogP contribution in [0.1, 0.15) is 5.56 Å². The molecule has 0 saturated carbocycles. The van der Waals surface area contributed by atoms with Crippen LogP contribution in [0.4, 0.5) is 0 Å². The van der Waals surface area contributed by atoms with Crippen molar-refractivity contribution in [3.05, 3.63) is 29.0 Å². The molecule has 0 amide bonds.